The lowest BCUT2D eigenvalue weighted by molar-refractivity contribution is -0.140. The van der Waals surface area contributed by atoms with Gasteiger partial charge in [-0.3, -0.25) is 14.4 Å². The summed E-state index contributed by atoms with van der Waals surface area (Å²) >= 11 is 0. The topological polar surface area (TPSA) is 62.6 Å². The third-order valence-electron chi connectivity index (χ3n) is 5.17. The van der Waals surface area contributed by atoms with Crippen LogP contribution in [0.2, 0.25) is 0 Å². The Labute approximate surface area is 159 Å². The Morgan fingerprint density at radius 1 is 1.22 bits per heavy atom. The summed E-state index contributed by atoms with van der Waals surface area (Å²) in [5.41, 5.74) is 1.59. The van der Waals surface area contributed by atoms with E-state index in [1.165, 1.54) is 4.90 Å². The van der Waals surface area contributed by atoms with E-state index < -0.39 is 6.04 Å². The van der Waals surface area contributed by atoms with Crippen molar-refractivity contribution < 1.29 is 9.59 Å². The highest BCUT2D eigenvalue weighted by Gasteiger charge is 2.35. The maximum absolute atomic E-state index is 13.1. The number of amides is 2. The lowest BCUT2D eigenvalue weighted by Gasteiger charge is -2.39. The number of fused-ring (bicyclic) bond motifs is 1. The fraction of sp³-hybridized carbons (Fsp3) is 0.476. The molecule has 1 saturated heterocycles. The fourth-order valence-corrected chi connectivity index (χ4v) is 3.74. The molecule has 0 bridgehead atoms. The van der Waals surface area contributed by atoms with Gasteiger partial charge in [0.15, 0.2) is 0 Å². The molecule has 1 aromatic heterocycles. The Hall–Kier alpha value is -2.63. The lowest BCUT2D eigenvalue weighted by atomic mass is 10.1. The maximum Gasteiger partial charge on any atom is 0.260 e. The summed E-state index contributed by atoms with van der Waals surface area (Å²) in [5, 5.41) is 0.528. The number of pyridine rings is 1. The van der Waals surface area contributed by atoms with Crippen LogP contribution in [0.4, 0.5) is 0 Å². The van der Waals surface area contributed by atoms with E-state index in [-0.39, 0.29) is 22.8 Å². The van der Waals surface area contributed by atoms with Crippen molar-refractivity contribution in [3.8, 4) is 0 Å². The number of rotatable bonds is 3. The van der Waals surface area contributed by atoms with E-state index in [0.29, 0.717) is 30.9 Å². The van der Waals surface area contributed by atoms with Crippen LogP contribution in [0.25, 0.3) is 10.9 Å². The lowest BCUT2D eigenvalue weighted by Crippen LogP contribution is -2.58. The van der Waals surface area contributed by atoms with E-state index in [9.17, 15) is 14.4 Å². The Morgan fingerprint density at radius 2 is 1.93 bits per heavy atom. The van der Waals surface area contributed by atoms with Gasteiger partial charge in [0.1, 0.15) is 11.6 Å². The summed E-state index contributed by atoms with van der Waals surface area (Å²) in [6.07, 6.45) is 1.58. The molecule has 2 aromatic rings. The van der Waals surface area contributed by atoms with Gasteiger partial charge in [0.2, 0.25) is 11.3 Å². The van der Waals surface area contributed by atoms with E-state index in [2.05, 4.69) is 13.8 Å². The molecule has 1 aliphatic heterocycles. The minimum absolute atomic E-state index is 0.0586. The first-order valence-electron chi connectivity index (χ1n) is 9.40. The monoisotopic (exact) mass is 369 g/mol. The zero-order valence-corrected chi connectivity index (χ0v) is 16.7. The van der Waals surface area contributed by atoms with Crippen molar-refractivity contribution in [2.75, 3.05) is 19.6 Å². The van der Waals surface area contributed by atoms with E-state index in [4.69, 9.17) is 0 Å². The molecule has 3 rings (SSSR count). The summed E-state index contributed by atoms with van der Waals surface area (Å²) in [6.45, 7) is 9.41. The quantitative estimate of drug-likeness (QED) is 0.833. The predicted molar refractivity (Wildman–Crippen MR) is 106 cm³/mol. The molecule has 1 unspecified atom stereocenters. The third-order valence-corrected chi connectivity index (χ3v) is 5.17. The normalized spacial score (nSPS) is 17.9. The molecule has 1 aliphatic rings. The minimum Gasteiger partial charge on any atom is -0.350 e. The van der Waals surface area contributed by atoms with Gasteiger partial charge in [-0.05, 0) is 31.9 Å². The number of piperazine rings is 1. The fourth-order valence-electron chi connectivity index (χ4n) is 3.74. The van der Waals surface area contributed by atoms with E-state index in [1.54, 1.807) is 22.6 Å². The van der Waals surface area contributed by atoms with Crippen LogP contribution < -0.4 is 5.43 Å². The maximum atomic E-state index is 13.1. The Kier molecular flexibility index (Phi) is 5.09. The second kappa shape index (κ2) is 7.18. The highest BCUT2D eigenvalue weighted by Crippen LogP contribution is 2.18. The molecule has 6 nitrogen and oxygen atoms in total. The van der Waals surface area contributed by atoms with Crippen LogP contribution in [-0.2, 0) is 11.8 Å². The Morgan fingerprint density at radius 3 is 2.59 bits per heavy atom. The van der Waals surface area contributed by atoms with Crippen molar-refractivity contribution in [2.45, 2.75) is 33.7 Å². The molecular formula is C21H27N3O3. The van der Waals surface area contributed by atoms with Crippen LogP contribution in [0.1, 0.15) is 36.7 Å². The molecule has 1 aromatic carbocycles. The zero-order chi connectivity index (χ0) is 19.9. The average molecular weight is 369 g/mol. The van der Waals surface area contributed by atoms with Gasteiger partial charge in [0, 0.05) is 38.3 Å². The molecule has 1 fully saturated rings. The molecule has 0 spiro atoms. The molecule has 6 heteroatoms. The molecule has 1 atom stereocenters. The molecule has 27 heavy (non-hydrogen) atoms. The van der Waals surface area contributed by atoms with Crippen LogP contribution in [-0.4, -0.2) is 51.9 Å². The molecule has 0 radical (unpaired) electrons. The van der Waals surface area contributed by atoms with Crippen molar-refractivity contribution >= 4 is 22.7 Å². The number of aryl methyl sites for hydroxylation is 2. The average Bonchev–Trinajstić information content (AvgIpc) is 2.61. The van der Waals surface area contributed by atoms with E-state index in [0.717, 1.165) is 11.1 Å². The van der Waals surface area contributed by atoms with Crippen molar-refractivity contribution in [3.05, 3.63) is 45.7 Å². The number of nitrogens with zero attached hydrogens (tertiary/aromatic N) is 3. The number of hydrogen-bond acceptors (Lipinski definition) is 3. The smallest absolute Gasteiger partial charge is 0.260 e. The SMILES string of the molecule is Cc1ccc2c(c1)c(=O)c(C(=O)N1CCN(CC(C)C)C(=O)C1C)cn2C. The van der Waals surface area contributed by atoms with Gasteiger partial charge in [-0.15, -0.1) is 0 Å². The second-order valence-corrected chi connectivity index (χ2v) is 7.86. The molecule has 2 amide bonds. The van der Waals surface area contributed by atoms with Crippen LogP contribution in [0.15, 0.2) is 29.2 Å². The van der Waals surface area contributed by atoms with Crippen LogP contribution >= 0.6 is 0 Å². The van der Waals surface area contributed by atoms with Crippen molar-refractivity contribution in [1.82, 2.24) is 14.4 Å². The summed E-state index contributed by atoms with van der Waals surface area (Å²) < 4.78 is 1.80. The van der Waals surface area contributed by atoms with Crippen LogP contribution in [0, 0.1) is 12.8 Å². The Balaban J connectivity index is 1.96. The van der Waals surface area contributed by atoms with Gasteiger partial charge in [-0.1, -0.05) is 25.5 Å². The number of hydrogen-bond donors (Lipinski definition) is 0. The summed E-state index contributed by atoms with van der Waals surface area (Å²) in [7, 11) is 1.82. The van der Waals surface area contributed by atoms with Gasteiger partial charge in [-0.25, -0.2) is 0 Å². The summed E-state index contributed by atoms with van der Waals surface area (Å²) in [4.78, 5) is 42.1. The Bertz CT molecular complexity index is 961. The largest absolute Gasteiger partial charge is 0.350 e. The highest BCUT2D eigenvalue weighted by atomic mass is 16.2. The molecule has 0 saturated carbocycles. The van der Waals surface area contributed by atoms with Gasteiger partial charge < -0.3 is 14.4 Å². The first-order valence-corrected chi connectivity index (χ1v) is 9.40. The molecule has 0 aliphatic carbocycles. The van der Waals surface area contributed by atoms with Gasteiger partial charge in [0.05, 0.1) is 5.52 Å². The van der Waals surface area contributed by atoms with Gasteiger partial charge in [-0.2, -0.15) is 0 Å². The van der Waals surface area contributed by atoms with Crippen LogP contribution in [0.5, 0.6) is 0 Å². The molecule has 144 valence electrons. The van der Waals surface area contributed by atoms with E-state index >= 15 is 0 Å². The number of aromatic nitrogens is 1. The first kappa shape index (κ1) is 19.1. The minimum atomic E-state index is -0.567. The third kappa shape index (κ3) is 3.48. The summed E-state index contributed by atoms with van der Waals surface area (Å²) in [5.74, 6) is -0.0553. The molecular weight excluding hydrogens is 342 g/mol. The van der Waals surface area contributed by atoms with E-state index in [1.807, 2.05) is 32.2 Å². The molecule has 2 heterocycles. The standard InChI is InChI=1S/C21H27N3O3/c1-13(2)11-23-8-9-24(15(4)20(23)26)21(27)17-12-22(5)18-7-6-14(3)10-16(18)19(17)25/h6-7,10,12-13,15H,8-9,11H2,1-5H3. The summed E-state index contributed by atoms with van der Waals surface area (Å²) in [6, 6.07) is 5.07. The molecule has 0 N–H and O–H groups in total. The van der Waals surface area contributed by atoms with Gasteiger partial charge in [0.25, 0.3) is 5.91 Å². The number of carbonyl (C=O) groups is 2. The number of benzene rings is 1. The second-order valence-electron chi connectivity index (χ2n) is 7.86. The zero-order valence-electron chi connectivity index (χ0n) is 16.7. The van der Waals surface area contributed by atoms with Crippen molar-refractivity contribution in [2.24, 2.45) is 13.0 Å². The van der Waals surface area contributed by atoms with Crippen molar-refractivity contribution in [1.29, 1.82) is 0 Å². The van der Waals surface area contributed by atoms with Crippen LogP contribution in [0.3, 0.4) is 0 Å². The highest BCUT2D eigenvalue weighted by molar-refractivity contribution is 6.00. The first-order chi connectivity index (χ1) is 12.7. The van der Waals surface area contributed by atoms with Crippen molar-refractivity contribution in [3.63, 3.8) is 0 Å². The predicted octanol–water partition coefficient (Wildman–Crippen LogP) is 2.18. The number of carbonyl (C=O) groups excluding carboxylic acids is 2. The van der Waals surface area contributed by atoms with Gasteiger partial charge >= 0.3 is 0 Å².